The van der Waals surface area contributed by atoms with Gasteiger partial charge in [0.2, 0.25) is 0 Å². The second kappa shape index (κ2) is 8.88. The Hall–Kier alpha value is -2.85. The first kappa shape index (κ1) is 21.8. The molecule has 0 bridgehead atoms. The van der Waals surface area contributed by atoms with E-state index < -0.39 is 15.8 Å². The van der Waals surface area contributed by atoms with Gasteiger partial charge in [-0.2, -0.15) is 8.42 Å². The summed E-state index contributed by atoms with van der Waals surface area (Å²) in [7, 11) is -1.07. The zero-order valence-corrected chi connectivity index (χ0v) is 18.1. The number of ether oxygens (including phenoxy) is 2. The number of rotatable bonds is 6. The van der Waals surface area contributed by atoms with Gasteiger partial charge in [-0.3, -0.25) is 9.69 Å². The average Bonchev–Trinajstić information content (AvgIpc) is 3.01. The Balaban J connectivity index is 1.98. The first-order valence-electron chi connectivity index (χ1n) is 8.83. The van der Waals surface area contributed by atoms with Gasteiger partial charge in [0.05, 0.1) is 24.0 Å². The van der Waals surface area contributed by atoms with E-state index in [0.29, 0.717) is 22.0 Å². The molecule has 10 heteroatoms. The smallest absolute Gasteiger partial charge is 0.284 e. The molecule has 3 rings (SSSR count). The van der Waals surface area contributed by atoms with Crippen LogP contribution in [0.3, 0.4) is 0 Å². The van der Waals surface area contributed by atoms with Crippen LogP contribution in [-0.4, -0.2) is 45.2 Å². The minimum absolute atomic E-state index is 0.0329. The van der Waals surface area contributed by atoms with Gasteiger partial charge in [-0.15, -0.1) is 4.40 Å². The van der Waals surface area contributed by atoms with E-state index in [0.717, 1.165) is 36.0 Å². The molecule has 0 spiro atoms. The van der Waals surface area contributed by atoms with E-state index in [4.69, 9.17) is 9.47 Å². The van der Waals surface area contributed by atoms with Crippen LogP contribution in [0.2, 0.25) is 0 Å². The molecule has 2 aromatic rings. The number of halogens is 1. The Labute approximate surface area is 178 Å². The van der Waals surface area contributed by atoms with Gasteiger partial charge in [0.25, 0.3) is 15.9 Å². The molecule has 1 aliphatic rings. The molecule has 0 N–H and O–H groups in total. The fourth-order valence-electron chi connectivity index (χ4n) is 2.70. The summed E-state index contributed by atoms with van der Waals surface area (Å²) in [6.07, 6.45) is 1.61. The van der Waals surface area contributed by atoms with E-state index in [1.165, 1.54) is 19.1 Å². The van der Waals surface area contributed by atoms with Crippen LogP contribution in [0, 0.1) is 5.82 Å². The molecule has 0 radical (unpaired) electrons. The van der Waals surface area contributed by atoms with Crippen LogP contribution in [0.15, 0.2) is 56.7 Å². The zero-order chi connectivity index (χ0) is 21.9. The molecule has 0 atom stereocenters. The van der Waals surface area contributed by atoms with Gasteiger partial charge in [-0.1, -0.05) is 0 Å². The molecule has 0 saturated carbocycles. The van der Waals surface area contributed by atoms with Crippen LogP contribution in [0.4, 0.5) is 4.39 Å². The predicted octanol–water partition coefficient (Wildman–Crippen LogP) is 3.52. The molecule has 158 valence electrons. The number of thioether (sulfide) groups is 1. The van der Waals surface area contributed by atoms with Crippen LogP contribution >= 0.6 is 11.8 Å². The molecule has 1 aliphatic heterocycles. The lowest BCUT2D eigenvalue weighted by Gasteiger charge is -2.12. The third-order valence-electron chi connectivity index (χ3n) is 4.24. The number of nitrogens with zero attached hydrogens (tertiary/aromatic N) is 2. The number of hydrogen-bond donors (Lipinski definition) is 0. The van der Waals surface area contributed by atoms with E-state index in [9.17, 15) is 17.6 Å². The quantitative estimate of drug-likeness (QED) is 0.626. The monoisotopic (exact) mass is 450 g/mol. The highest BCUT2D eigenvalue weighted by molar-refractivity contribution is 8.19. The summed E-state index contributed by atoms with van der Waals surface area (Å²) in [5.74, 6) is 0.180. The summed E-state index contributed by atoms with van der Waals surface area (Å²) < 4.78 is 52.6. The second-order valence-corrected chi connectivity index (χ2v) is 8.68. The highest BCUT2D eigenvalue weighted by atomic mass is 32.2. The fraction of sp³-hybridized carbons (Fsp3) is 0.200. The minimum Gasteiger partial charge on any atom is -0.497 e. The Kier molecular flexibility index (Phi) is 6.47. The normalized spacial score (nSPS) is 17.1. The molecule has 7 nitrogen and oxygen atoms in total. The number of amidine groups is 1. The van der Waals surface area contributed by atoms with E-state index in [1.807, 2.05) is 0 Å². The highest BCUT2D eigenvalue weighted by Crippen LogP contribution is 2.36. The number of methoxy groups -OCH3 is 2. The molecule has 30 heavy (non-hydrogen) atoms. The Bertz CT molecular complexity index is 1130. The van der Waals surface area contributed by atoms with Crippen molar-refractivity contribution in [1.82, 2.24) is 4.90 Å². The maximum absolute atomic E-state index is 13.1. The van der Waals surface area contributed by atoms with Crippen molar-refractivity contribution in [2.24, 2.45) is 4.40 Å². The third-order valence-corrected chi connectivity index (χ3v) is 6.64. The van der Waals surface area contributed by atoms with Gasteiger partial charge in [-0.25, -0.2) is 4.39 Å². The van der Waals surface area contributed by atoms with Crippen LogP contribution in [-0.2, 0) is 14.8 Å². The molecular weight excluding hydrogens is 431 g/mol. The lowest BCUT2D eigenvalue weighted by Crippen LogP contribution is -2.29. The van der Waals surface area contributed by atoms with Gasteiger partial charge in [0.15, 0.2) is 5.17 Å². The molecule has 2 aromatic carbocycles. The Morgan fingerprint density at radius 3 is 2.43 bits per heavy atom. The SMILES string of the molecule is CCN1C(=O)/C(=C/c2ccc(OC)cc2OC)S/C1=N/S(=O)(=O)c1ccc(F)cc1. The number of carbonyl (C=O) groups excluding carboxylic acids is 1. The van der Waals surface area contributed by atoms with Crippen molar-refractivity contribution in [3.63, 3.8) is 0 Å². The standard InChI is InChI=1S/C20H19FN2O5S2/c1-4-23-19(24)18(11-13-5-8-15(27-2)12-17(13)28-3)29-20(23)22-30(25,26)16-9-6-14(21)7-10-16/h5-12H,4H2,1-3H3/b18-11-,22-20+. The summed E-state index contributed by atoms with van der Waals surface area (Å²) in [5.41, 5.74) is 0.632. The molecule has 1 heterocycles. The highest BCUT2D eigenvalue weighted by Gasteiger charge is 2.34. The number of benzene rings is 2. The topological polar surface area (TPSA) is 85.3 Å². The fourth-order valence-corrected chi connectivity index (χ4v) is 4.93. The Morgan fingerprint density at radius 2 is 1.83 bits per heavy atom. The van der Waals surface area contributed by atoms with Crippen molar-refractivity contribution in [2.45, 2.75) is 11.8 Å². The van der Waals surface area contributed by atoms with Gasteiger partial charge in [0.1, 0.15) is 17.3 Å². The second-order valence-electron chi connectivity index (χ2n) is 6.07. The van der Waals surface area contributed by atoms with Crippen LogP contribution in [0.5, 0.6) is 11.5 Å². The van der Waals surface area contributed by atoms with E-state index in [2.05, 4.69) is 4.40 Å². The van der Waals surface area contributed by atoms with E-state index in [1.54, 1.807) is 31.2 Å². The van der Waals surface area contributed by atoms with Crippen molar-refractivity contribution in [1.29, 1.82) is 0 Å². The lowest BCUT2D eigenvalue weighted by atomic mass is 10.1. The largest absolute Gasteiger partial charge is 0.497 e. The van der Waals surface area contributed by atoms with Crippen molar-refractivity contribution >= 4 is 38.9 Å². The van der Waals surface area contributed by atoms with Crippen molar-refractivity contribution < 1.29 is 27.1 Å². The van der Waals surface area contributed by atoms with Crippen LogP contribution < -0.4 is 9.47 Å². The predicted molar refractivity (Wildman–Crippen MR) is 114 cm³/mol. The molecule has 0 unspecified atom stereocenters. The Morgan fingerprint density at radius 1 is 1.13 bits per heavy atom. The minimum atomic E-state index is -4.11. The first-order chi connectivity index (χ1) is 14.3. The third kappa shape index (κ3) is 4.49. The van der Waals surface area contributed by atoms with Crippen LogP contribution in [0.25, 0.3) is 6.08 Å². The summed E-state index contributed by atoms with van der Waals surface area (Å²) in [5, 5.41) is 0.0329. The van der Waals surface area contributed by atoms with E-state index >= 15 is 0 Å². The number of amides is 1. The molecule has 1 saturated heterocycles. The van der Waals surface area contributed by atoms with Gasteiger partial charge < -0.3 is 9.47 Å². The number of sulfonamides is 1. The van der Waals surface area contributed by atoms with Crippen molar-refractivity contribution in [2.75, 3.05) is 20.8 Å². The first-order valence-corrected chi connectivity index (χ1v) is 11.1. The molecular formula is C20H19FN2O5S2. The number of hydrogen-bond acceptors (Lipinski definition) is 6. The van der Waals surface area contributed by atoms with E-state index in [-0.39, 0.29) is 22.5 Å². The van der Waals surface area contributed by atoms with Gasteiger partial charge in [0, 0.05) is 18.2 Å². The number of likely N-dealkylation sites (N-methyl/N-ethyl adjacent to an activating group) is 1. The maximum Gasteiger partial charge on any atom is 0.284 e. The summed E-state index contributed by atoms with van der Waals surface area (Å²) in [6.45, 7) is 1.95. The molecule has 1 fully saturated rings. The van der Waals surface area contributed by atoms with Crippen molar-refractivity contribution in [3.05, 3.63) is 58.8 Å². The van der Waals surface area contributed by atoms with Gasteiger partial charge >= 0.3 is 0 Å². The average molecular weight is 451 g/mol. The summed E-state index contributed by atoms with van der Waals surface area (Å²) >= 11 is 0.948. The molecule has 1 amide bonds. The zero-order valence-electron chi connectivity index (χ0n) is 16.5. The summed E-state index contributed by atoms with van der Waals surface area (Å²) in [4.78, 5) is 14.2. The number of carbonyl (C=O) groups is 1. The van der Waals surface area contributed by atoms with Gasteiger partial charge in [-0.05, 0) is 61.2 Å². The molecule has 0 aromatic heterocycles. The van der Waals surface area contributed by atoms with Crippen molar-refractivity contribution in [3.8, 4) is 11.5 Å². The lowest BCUT2D eigenvalue weighted by molar-refractivity contribution is -0.122. The van der Waals surface area contributed by atoms with Crippen LogP contribution in [0.1, 0.15) is 12.5 Å². The molecule has 0 aliphatic carbocycles. The summed E-state index contributed by atoms with van der Waals surface area (Å²) in [6, 6.07) is 9.49. The maximum atomic E-state index is 13.1.